The summed E-state index contributed by atoms with van der Waals surface area (Å²) in [5, 5.41) is 6.57. The molecule has 2 heterocycles. The fourth-order valence-electron chi connectivity index (χ4n) is 2.18. The Labute approximate surface area is 113 Å². The zero-order valence-electron chi connectivity index (χ0n) is 11.3. The highest BCUT2D eigenvalue weighted by Crippen LogP contribution is 2.25. The largest absolute Gasteiger partial charge is 0.368 e. The third kappa shape index (κ3) is 3.75. The van der Waals surface area contributed by atoms with E-state index in [0.717, 1.165) is 50.0 Å². The fourth-order valence-corrected chi connectivity index (χ4v) is 3.03. The van der Waals surface area contributed by atoms with Crippen molar-refractivity contribution >= 4 is 11.3 Å². The van der Waals surface area contributed by atoms with E-state index in [1.54, 1.807) is 11.3 Å². The van der Waals surface area contributed by atoms with Gasteiger partial charge in [-0.15, -0.1) is 11.3 Å². The Morgan fingerprint density at radius 2 is 2.44 bits per heavy atom. The van der Waals surface area contributed by atoms with E-state index in [4.69, 9.17) is 4.74 Å². The summed E-state index contributed by atoms with van der Waals surface area (Å²) < 4.78 is 5.84. The number of rotatable bonds is 6. The van der Waals surface area contributed by atoms with E-state index in [0.29, 0.717) is 0 Å². The number of aromatic nitrogens is 1. The van der Waals surface area contributed by atoms with Crippen LogP contribution < -0.4 is 5.32 Å². The monoisotopic (exact) mass is 269 g/mol. The molecule has 1 atom stereocenters. The van der Waals surface area contributed by atoms with E-state index in [1.807, 2.05) is 0 Å². The average molecular weight is 269 g/mol. The molecule has 1 aliphatic heterocycles. The molecule has 0 amide bonds. The summed E-state index contributed by atoms with van der Waals surface area (Å²) in [4.78, 5) is 7.14. The molecule has 0 aromatic carbocycles. The van der Waals surface area contributed by atoms with Crippen molar-refractivity contribution in [2.45, 2.75) is 32.9 Å². The minimum Gasteiger partial charge on any atom is -0.368 e. The molecule has 1 N–H and O–H groups in total. The molecule has 1 aromatic rings. The molecule has 2 rings (SSSR count). The van der Waals surface area contributed by atoms with E-state index < -0.39 is 0 Å². The van der Waals surface area contributed by atoms with Crippen LogP contribution in [-0.4, -0.2) is 42.7 Å². The Morgan fingerprint density at radius 1 is 1.56 bits per heavy atom. The van der Waals surface area contributed by atoms with E-state index in [-0.39, 0.29) is 6.10 Å². The lowest BCUT2D eigenvalue weighted by Crippen LogP contribution is -2.38. The highest BCUT2D eigenvalue weighted by Gasteiger charge is 2.23. The number of hydrogen-bond acceptors (Lipinski definition) is 5. The highest BCUT2D eigenvalue weighted by atomic mass is 32.1. The van der Waals surface area contributed by atoms with Gasteiger partial charge in [-0.3, -0.25) is 4.90 Å². The number of nitrogens with zero attached hydrogens (tertiary/aromatic N) is 2. The molecule has 102 valence electrons. The molecule has 1 unspecified atom stereocenters. The summed E-state index contributed by atoms with van der Waals surface area (Å²) in [6, 6.07) is 0. The third-order valence-corrected chi connectivity index (χ3v) is 4.08. The van der Waals surface area contributed by atoms with Crippen molar-refractivity contribution in [3.05, 3.63) is 16.1 Å². The van der Waals surface area contributed by atoms with Crippen molar-refractivity contribution in [3.8, 4) is 0 Å². The molecule has 0 bridgehead atoms. The quantitative estimate of drug-likeness (QED) is 0.857. The molecular formula is C13H23N3OS. The second-order valence-electron chi connectivity index (χ2n) is 4.62. The first-order valence-electron chi connectivity index (χ1n) is 6.82. The third-order valence-electron chi connectivity index (χ3n) is 3.09. The Morgan fingerprint density at radius 3 is 3.22 bits per heavy atom. The minimum atomic E-state index is 0.172. The van der Waals surface area contributed by atoms with Gasteiger partial charge in [0.15, 0.2) is 0 Å². The first kappa shape index (κ1) is 13.9. The van der Waals surface area contributed by atoms with Crippen LogP contribution in [0.25, 0.3) is 0 Å². The van der Waals surface area contributed by atoms with Gasteiger partial charge in [-0.25, -0.2) is 4.98 Å². The van der Waals surface area contributed by atoms with Gasteiger partial charge in [0.1, 0.15) is 11.1 Å². The van der Waals surface area contributed by atoms with Crippen molar-refractivity contribution in [2.75, 3.05) is 32.8 Å². The second-order valence-corrected chi connectivity index (χ2v) is 5.51. The topological polar surface area (TPSA) is 37.4 Å². The first-order valence-corrected chi connectivity index (χ1v) is 7.70. The number of ether oxygens (including phenoxy) is 1. The maximum atomic E-state index is 5.84. The Kier molecular flexibility index (Phi) is 5.56. The number of morpholine rings is 1. The van der Waals surface area contributed by atoms with Crippen LogP contribution in [0, 0.1) is 0 Å². The molecular weight excluding hydrogens is 246 g/mol. The van der Waals surface area contributed by atoms with Gasteiger partial charge in [-0.05, 0) is 19.5 Å². The van der Waals surface area contributed by atoms with E-state index >= 15 is 0 Å². The summed E-state index contributed by atoms with van der Waals surface area (Å²) in [5.74, 6) is 0. The maximum Gasteiger partial charge on any atom is 0.123 e. The Balaban J connectivity index is 1.91. The predicted octanol–water partition coefficient (Wildman–Crippen LogP) is 2.04. The van der Waals surface area contributed by atoms with Gasteiger partial charge in [-0.2, -0.15) is 0 Å². The normalized spacial score (nSPS) is 21.3. The lowest BCUT2D eigenvalue weighted by molar-refractivity contribution is -0.0299. The van der Waals surface area contributed by atoms with E-state index in [2.05, 4.69) is 34.4 Å². The molecule has 1 aromatic heterocycles. The van der Waals surface area contributed by atoms with Crippen molar-refractivity contribution in [1.82, 2.24) is 15.2 Å². The van der Waals surface area contributed by atoms with Crippen LogP contribution in [0.3, 0.4) is 0 Å². The maximum absolute atomic E-state index is 5.84. The molecule has 0 saturated carbocycles. The molecule has 18 heavy (non-hydrogen) atoms. The summed E-state index contributed by atoms with van der Waals surface area (Å²) in [5.41, 5.74) is 1.13. The zero-order valence-corrected chi connectivity index (χ0v) is 12.1. The standard InChI is InChI=1S/C13H23N3OS/c1-3-5-16-6-7-17-12(9-16)13-15-11(10-18-13)8-14-4-2/h10,12,14H,3-9H2,1-2H3. The van der Waals surface area contributed by atoms with Gasteiger partial charge < -0.3 is 10.1 Å². The van der Waals surface area contributed by atoms with Crippen LogP contribution in [0.5, 0.6) is 0 Å². The second kappa shape index (κ2) is 7.19. The average Bonchev–Trinajstić information content (AvgIpc) is 2.86. The van der Waals surface area contributed by atoms with Crippen LogP contribution in [0.2, 0.25) is 0 Å². The Bertz CT molecular complexity index is 354. The van der Waals surface area contributed by atoms with Crippen molar-refractivity contribution in [1.29, 1.82) is 0 Å². The van der Waals surface area contributed by atoms with Crippen molar-refractivity contribution < 1.29 is 4.74 Å². The van der Waals surface area contributed by atoms with Crippen LogP contribution in [0.15, 0.2) is 5.38 Å². The molecule has 0 radical (unpaired) electrons. The number of thiazole rings is 1. The van der Waals surface area contributed by atoms with Gasteiger partial charge in [0.25, 0.3) is 0 Å². The van der Waals surface area contributed by atoms with Crippen LogP contribution >= 0.6 is 11.3 Å². The number of hydrogen-bond donors (Lipinski definition) is 1. The lowest BCUT2D eigenvalue weighted by atomic mass is 10.2. The van der Waals surface area contributed by atoms with Gasteiger partial charge >= 0.3 is 0 Å². The van der Waals surface area contributed by atoms with Crippen molar-refractivity contribution in [3.63, 3.8) is 0 Å². The minimum absolute atomic E-state index is 0.172. The summed E-state index contributed by atoms with van der Waals surface area (Å²) in [6.45, 7) is 10.2. The smallest absolute Gasteiger partial charge is 0.123 e. The van der Waals surface area contributed by atoms with Gasteiger partial charge in [0.2, 0.25) is 0 Å². The summed E-state index contributed by atoms with van der Waals surface area (Å²) in [6.07, 6.45) is 1.38. The molecule has 5 heteroatoms. The predicted molar refractivity (Wildman–Crippen MR) is 74.9 cm³/mol. The number of nitrogens with one attached hydrogen (secondary N) is 1. The fraction of sp³-hybridized carbons (Fsp3) is 0.769. The molecule has 0 spiro atoms. The molecule has 4 nitrogen and oxygen atoms in total. The summed E-state index contributed by atoms with van der Waals surface area (Å²) in [7, 11) is 0. The molecule has 0 aliphatic carbocycles. The van der Waals surface area contributed by atoms with Gasteiger partial charge in [0.05, 0.1) is 12.3 Å². The van der Waals surface area contributed by atoms with Crippen LogP contribution in [-0.2, 0) is 11.3 Å². The van der Waals surface area contributed by atoms with Gasteiger partial charge in [-0.1, -0.05) is 13.8 Å². The molecule has 1 fully saturated rings. The van der Waals surface area contributed by atoms with Crippen molar-refractivity contribution in [2.24, 2.45) is 0 Å². The summed E-state index contributed by atoms with van der Waals surface area (Å²) >= 11 is 1.72. The lowest BCUT2D eigenvalue weighted by Gasteiger charge is -2.31. The van der Waals surface area contributed by atoms with Gasteiger partial charge in [0, 0.05) is 25.0 Å². The van der Waals surface area contributed by atoms with E-state index in [1.165, 1.54) is 6.42 Å². The van der Waals surface area contributed by atoms with Crippen LogP contribution in [0.1, 0.15) is 37.1 Å². The van der Waals surface area contributed by atoms with E-state index in [9.17, 15) is 0 Å². The Hall–Kier alpha value is -0.490. The highest BCUT2D eigenvalue weighted by molar-refractivity contribution is 7.09. The first-order chi connectivity index (χ1) is 8.83. The zero-order chi connectivity index (χ0) is 12.8. The molecule has 1 aliphatic rings. The molecule has 1 saturated heterocycles. The van der Waals surface area contributed by atoms with Crippen LogP contribution in [0.4, 0.5) is 0 Å². The SMILES string of the molecule is CCCN1CCOC(c2nc(CNCC)cs2)C1.